The molecule has 1 aliphatic heterocycles. The third-order valence-electron chi connectivity index (χ3n) is 5.33. The highest BCUT2D eigenvalue weighted by Crippen LogP contribution is 2.25. The number of hydrogen-bond donors (Lipinski definition) is 1. The van der Waals surface area contributed by atoms with Crippen LogP contribution in [0.25, 0.3) is 0 Å². The van der Waals surface area contributed by atoms with Crippen LogP contribution < -0.4 is 5.32 Å². The first-order valence-corrected chi connectivity index (χ1v) is 12.0. The molecule has 0 saturated carbocycles. The Hall–Kier alpha value is -3.00. The van der Waals surface area contributed by atoms with Gasteiger partial charge in [0.15, 0.2) is 5.78 Å². The van der Waals surface area contributed by atoms with Crippen LogP contribution in [-0.2, 0) is 10.0 Å². The van der Waals surface area contributed by atoms with Gasteiger partial charge in [-0.2, -0.15) is 4.31 Å². The first-order valence-electron chi connectivity index (χ1n) is 10.2. The second kappa shape index (κ2) is 9.24. The fraction of sp³-hybridized carbons (Fsp3) is 0.167. The summed E-state index contributed by atoms with van der Waals surface area (Å²) < 4.78 is 26.8. The van der Waals surface area contributed by atoms with Gasteiger partial charge in [-0.15, -0.1) is 0 Å². The molecular formula is C24H21ClN2O4S. The number of benzene rings is 3. The van der Waals surface area contributed by atoms with Gasteiger partial charge in [-0.25, -0.2) is 8.42 Å². The Morgan fingerprint density at radius 2 is 1.50 bits per heavy atom. The van der Waals surface area contributed by atoms with E-state index in [0.29, 0.717) is 29.4 Å². The molecule has 1 aliphatic rings. The zero-order valence-corrected chi connectivity index (χ0v) is 18.7. The lowest BCUT2D eigenvalue weighted by Crippen LogP contribution is -2.27. The third kappa shape index (κ3) is 4.60. The van der Waals surface area contributed by atoms with Gasteiger partial charge in [-0.05, 0) is 55.3 Å². The monoisotopic (exact) mass is 468 g/mol. The predicted octanol–water partition coefficient (Wildman–Crippen LogP) is 4.61. The molecule has 1 N–H and O–H groups in total. The minimum atomic E-state index is -3.55. The van der Waals surface area contributed by atoms with E-state index in [0.717, 1.165) is 12.8 Å². The topological polar surface area (TPSA) is 83.5 Å². The molecule has 0 aliphatic carbocycles. The number of nitrogens with one attached hydrogen (secondary N) is 1. The van der Waals surface area contributed by atoms with Gasteiger partial charge in [-0.3, -0.25) is 9.59 Å². The first kappa shape index (κ1) is 22.2. The van der Waals surface area contributed by atoms with Crippen molar-refractivity contribution < 1.29 is 18.0 Å². The van der Waals surface area contributed by atoms with Crippen molar-refractivity contribution in [3.05, 3.63) is 94.5 Å². The molecule has 1 saturated heterocycles. The van der Waals surface area contributed by atoms with E-state index in [2.05, 4.69) is 5.32 Å². The van der Waals surface area contributed by atoms with Crippen LogP contribution in [0.1, 0.15) is 39.1 Å². The summed E-state index contributed by atoms with van der Waals surface area (Å²) in [5.41, 5.74) is 1.34. The van der Waals surface area contributed by atoms with Crippen LogP contribution in [0.15, 0.2) is 77.7 Å². The highest BCUT2D eigenvalue weighted by Gasteiger charge is 2.27. The Morgan fingerprint density at radius 1 is 0.844 bits per heavy atom. The maximum atomic E-state index is 12.9. The summed E-state index contributed by atoms with van der Waals surface area (Å²) in [6.07, 6.45) is 1.70. The van der Waals surface area contributed by atoms with Gasteiger partial charge < -0.3 is 5.32 Å². The SMILES string of the molecule is O=C(Nc1ccc(Cl)cc1C(=O)c1ccccc1)c1ccc(S(=O)(=O)N2CCCC2)cc1. The third-order valence-corrected chi connectivity index (χ3v) is 7.48. The minimum absolute atomic E-state index is 0.155. The second-order valence-electron chi connectivity index (χ2n) is 7.47. The highest BCUT2D eigenvalue weighted by atomic mass is 35.5. The molecule has 0 unspecified atom stereocenters. The van der Waals surface area contributed by atoms with E-state index in [1.165, 1.54) is 34.6 Å². The summed E-state index contributed by atoms with van der Waals surface area (Å²) in [7, 11) is -3.55. The summed E-state index contributed by atoms with van der Waals surface area (Å²) >= 11 is 6.09. The van der Waals surface area contributed by atoms with Crippen LogP contribution in [0.5, 0.6) is 0 Å². The van der Waals surface area contributed by atoms with Crippen molar-refractivity contribution in [2.24, 2.45) is 0 Å². The molecule has 4 rings (SSSR count). The van der Waals surface area contributed by atoms with Crippen molar-refractivity contribution in [3.63, 3.8) is 0 Å². The van der Waals surface area contributed by atoms with Crippen molar-refractivity contribution >= 4 is 39.0 Å². The van der Waals surface area contributed by atoms with Gasteiger partial charge in [0.25, 0.3) is 5.91 Å². The van der Waals surface area contributed by atoms with Crippen LogP contribution in [0.4, 0.5) is 5.69 Å². The number of nitrogens with zero attached hydrogens (tertiary/aromatic N) is 1. The molecule has 32 heavy (non-hydrogen) atoms. The van der Waals surface area contributed by atoms with Crippen LogP contribution in [0, 0.1) is 0 Å². The molecule has 3 aromatic carbocycles. The molecule has 0 aromatic heterocycles. The summed E-state index contributed by atoms with van der Waals surface area (Å²) in [6.45, 7) is 1.03. The van der Waals surface area contributed by atoms with E-state index in [1.807, 2.05) is 6.07 Å². The molecule has 0 bridgehead atoms. The van der Waals surface area contributed by atoms with Crippen LogP contribution in [-0.4, -0.2) is 37.5 Å². The van der Waals surface area contributed by atoms with Crippen molar-refractivity contribution in [1.29, 1.82) is 0 Å². The standard InChI is InChI=1S/C24H21ClN2O4S/c25-19-10-13-22(21(16-19)23(28)17-6-2-1-3-7-17)26-24(29)18-8-11-20(12-9-18)32(30,31)27-14-4-5-15-27/h1-3,6-13,16H,4-5,14-15H2,(H,26,29). The molecule has 3 aromatic rings. The van der Waals surface area contributed by atoms with Gasteiger partial charge >= 0.3 is 0 Å². The Balaban J connectivity index is 1.56. The Kier molecular flexibility index (Phi) is 6.41. The predicted molar refractivity (Wildman–Crippen MR) is 124 cm³/mol. The van der Waals surface area contributed by atoms with Crippen LogP contribution in [0.2, 0.25) is 5.02 Å². The number of rotatable bonds is 6. The van der Waals surface area contributed by atoms with Gasteiger partial charge in [0.05, 0.1) is 10.6 Å². The van der Waals surface area contributed by atoms with Crippen LogP contribution in [0.3, 0.4) is 0 Å². The average Bonchev–Trinajstić information content (AvgIpc) is 3.36. The average molecular weight is 469 g/mol. The van der Waals surface area contributed by atoms with E-state index in [1.54, 1.807) is 36.4 Å². The first-order chi connectivity index (χ1) is 15.4. The number of ketones is 1. The number of sulfonamides is 1. The number of carbonyl (C=O) groups is 2. The fourth-order valence-corrected chi connectivity index (χ4v) is 5.30. The van der Waals surface area contributed by atoms with E-state index in [9.17, 15) is 18.0 Å². The van der Waals surface area contributed by atoms with Crippen molar-refractivity contribution in [2.75, 3.05) is 18.4 Å². The van der Waals surface area contributed by atoms with Gasteiger partial charge in [-0.1, -0.05) is 41.9 Å². The van der Waals surface area contributed by atoms with E-state index in [-0.39, 0.29) is 21.8 Å². The lowest BCUT2D eigenvalue weighted by molar-refractivity contribution is 0.102. The summed E-state index contributed by atoms with van der Waals surface area (Å²) in [5, 5.41) is 3.11. The quantitative estimate of drug-likeness (QED) is 0.535. The van der Waals surface area contributed by atoms with Gasteiger partial charge in [0.1, 0.15) is 0 Å². The smallest absolute Gasteiger partial charge is 0.255 e. The maximum Gasteiger partial charge on any atom is 0.255 e. The molecular weight excluding hydrogens is 448 g/mol. The molecule has 1 amide bonds. The number of carbonyl (C=O) groups excluding carboxylic acids is 2. The molecule has 8 heteroatoms. The molecule has 164 valence electrons. The molecule has 0 atom stereocenters. The normalized spacial score (nSPS) is 14.3. The largest absolute Gasteiger partial charge is 0.321 e. The summed E-state index contributed by atoms with van der Waals surface area (Å²) in [5.74, 6) is -0.727. The van der Waals surface area contributed by atoms with Crippen LogP contribution >= 0.6 is 11.6 Å². The van der Waals surface area contributed by atoms with Crippen molar-refractivity contribution in [2.45, 2.75) is 17.7 Å². The second-order valence-corrected chi connectivity index (χ2v) is 9.85. The Morgan fingerprint density at radius 3 is 2.16 bits per heavy atom. The Bertz CT molecular complexity index is 1250. The molecule has 6 nitrogen and oxygen atoms in total. The lowest BCUT2D eigenvalue weighted by atomic mass is 10.0. The van der Waals surface area contributed by atoms with Crippen molar-refractivity contribution in [1.82, 2.24) is 4.31 Å². The number of halogens is 1. The summed E-state index contributed by atoms with van der Waals surface area (Å²) in [4.78, 5) is 25.9. The maximum absolute atomic E-state index is 12.9. The number of anilines is 1. The molecule has 0 radical (unpaired) electrons. The zero-order valence-electron chi connectivity index (χ0n) is 17.1. The van der Waals surface area contributed by atoms with Gasteiger partial charge in [0.2, 0.25) is 10.0 Å². The summed E-state index contributed by atoms with van der Waals surface area (Å²) in [6, 6.07) is 19.2. The molecule has 1 fully saturated rings. The van der Waals surface area contributed by atoms with E-state index < -0.39 is 15.9 Å². The number of amides is 1. The Labute approximate surface area is 191 Å². The molecule has 1 heterocycles. The van der Waals surface area contributed by atoms with E-state index in [4.69, 9.17) is 11.6 Å². The number of hydrogen-bond acceptors (Lipinski definition) is 4. The zero-order chi connectivity index (χ0) is 22.7. The van der Waals surface area contributed by atoms with Gasteiger partial charge in [0, 0.05) is 34.8 Å². The highest BCUT2D eigenvalue weighted by molar-refractivity contribution is 7.89. The van der Waals surface area contributed by atoms with Crippen molar-refractivity contribution in [3.8, 4) is 0 Å². The van der Waals surface area contributed by atoms with E-state index >= 15 is 0 Å². The fourth-order valence-electron chi connectivity index (χ4n) is 3.61. The molecule has 0 spiro atoms. The lowest BCUT2D eigenvalue weighted by Gasteiger charge is -2.15. The minimum Gasteiger partial charge on any atom is -0.321 e.